The molecule has 0 spiro atoms. The fourth-order valence-corrected chi connectivity index (χ4v) is 2.39. The maximum Gasteiger partial charge on any atom is 0.318 e. The van der Waals surface area contributed by atoms with Crippen molar-refractivity contribution < 1.29 is 14.7 Å². The van der Waals surface area contributed by atoms with Crippen molar-refractivity contribution in [3.05, 3.63) is 29.3 Å². The highest BCUT2D eigenvalue weighted by atomic mass is 16.4. The second kappa shape index (κ2) is 4.68. The summed E-state index contributed by atoms with van der Waals surface area (Å²) in [6, 6.07) is 5.92. The van der Waals surface area contributed by atoms with Crippen LogP contribution in [0.15, 0.2) is 18.2 Å². The third-order valence-corrected chi connectivity index (χ3v) is 3.84. The van der Waals surface area contributed by atoms with Crippen LogP contribution in [0.3, 0.4) is 0 Å². The number of hydrogen-bond acceptors (Lipinski definition) is 2. The van der Waals surface area contributed by atoms with Crippen molar-refractivity contribution in [1.29, 1.82) is 0 Å². The Kier molecular flexibility index (Phi) is 3.35. The van der Waals surface area contributed by atoms with E-state index in [0.717, 1.165) is 24.9 Å². The van der Waals surface area contributed by atoms with Gasteiger partial charge in [0.05, 0.1) is 0 Å². The molecular formula is C15H19NO3. The average molecular weight is 261 g/mol. The highest BCUT2D eigenvalue weighted by Gasteiger charge is 2.38. The number of carboxylic acids is 1. The Bertz CT molecular complexity index is 534. The van der Waals surface area contributed by atoms with Gasteiger partial charge in [-0.3, -0.25) is 9.59 Å². The lowest BCUT2D eigenvalue weighted by Crippen LogP contribution is -2.43. The van der Waals surface area contributed by atoms with Crippen LogP contribution in [0.4, 0.5) is 5.69 Å². The minimum atomic E-state index is -1.41. The Morgan fingerprint density at radius 2 is 1.84 bits per heavy atom. The van der Waals surface area contributed by atoms with Crippen LogP contribution < -0.4 is 4.90 Å². The predicted octanol–water partition coefficient (Wildman–Crippen LogP) is 2.25. The number of aliphatic carboxylic acids is 1. The van der Waals surface area contributed by atoms with E-state index < -0.39 is 17.3 Å². The van der Waals surface area contributed by atoms with Crippen LogP contribution in [0.2, 0.25) is 0 Å². The number of nitrogens with zero attached hydrogens (tertiary/aromatic N) is 1. The number of carboxylic acid groups (broad SMARTS) is 1. The molecule has 4 nitrogen and oxygen atoms in total. The fourth-order valence-electron chi connectivity index (χ4n) is 2.39. The van der Waals surface area contributed by atoms with Crippen molar-refractivity contribution >= 4 is 17.6 Å². The van der Waals surface area contributed by atoms with Gasteiger partial charge in [0.2, 0.25) is 5.91 Å². The molecule has 4 heteroatoms. The Morgan fingerprint density at radius 1 is 1.21 bits per heavy atom. The second-order valence-corrected chi connectivity index (χ2v) is 5.60. The van der Waals surface area contributed by atoms with E-state index in [4.69, 9.17) is 5.11 Å². The normalized spacial score (nSPS) is 14.1. The lowest BCUT2D eigenvalue weighted by Gasteiger charge is -2.26. The van der Waals surface area contributed by atoms with E-state index in [1.165, 1.54) is 29.9 Å². The van der Waals surface area contributed by atoms with Gasteiger partial charge in [-0.25, -0.2) is 0 Å². The molecule has 2 rings (SSSR count). The molecule has 1 aliphatic carbocycles. The van der Waals surface area contributed by atoms with E-state index in [1.54, 1.807) is 7.05 Å². The molecule has 0 saturated carbocycles. The van der Waals surface area contributed by atoms with Crippen molar-refractivity contribution in [2.24, 2.45) is 5.41 Å². The number of carbonyl (C=O) groups is 2. The Balaban J connectivity index is 2.27. The van der Waals surface area contributed by atoms with Gasteiger partial charge in [0.25, 0.3) is 0 Å². The summed E-state index contributed by atoms with van der Waals surface area (Å²) < 4.78 is 0. The van der Waals surface area contributed by atoms with Gasteiger partial charge >= 0.3 is 5.97 Å². The SMILES string of the molecule is CN(C(=O)C(C)(C)C(=O)O)c1ccc2c(c1)CCC2. The standard InChI is InChI=1S/C15H19NO3/c1-15(2,14(18)19)13(17)16(3)12-8-7-10-5-4-6-11(10)9-12/h7-9H,4-6H2,1-3H3,(H,18,19). The summed E-state index contributed by atoms with van der Waals surface area (Å²) in [6.07, 6.45) is 3.28. The molecule has 1 aromatic rings. The van der Waals surface area contributed by atoms with Crippen LogP contribution in [0, 0.1) is 5.41 Å². The molecule has 0 radical (unpaired) electrons. The summed E-state index contributed by atoms with van der Waals surface area (Å²) in [6.45, 7) is 2.86. The molecule has 1 aromatic carbocycles. The number of benzene rings is 1. The molecule has 1 amide bonds. The Labute approximate surface area is 113 Å². The highest BCUT2D eigenvalue weighted by Crippen LogP contribution is 2.28. The van der Waals surface area contributed by atoms with Gasteiger partial charge in [-0.05, 0) is 56.4 Å². The highest BCUT2D eigenvalue weighted by molar-refractivity contribution is 6.08. The van der Waals surface area contributed by atoms with Crippen molar-refractivity contribution in [1.82, 2.24) is 0 Å². The van der Waals surface area contributed by atoms with Gasteiger partial charge in [0.1, 0.15) is 5.41 Å². The molecule has 1 N–H and O–H groups in total. The van der Waals surface area contributed by atoms with E-state index in [1.807, 2.05) is 18.2 Å². The quantitative estimate of drug-likeness (QED) is 0.849. The third kappa shape index (κ3) is 2.35. The zero-order chi connectivity index (χ0) is 14.2. The molecular weight excluding hydrogens is 242 g/mol. The van der Waals surface area contributed by atoms with E-state index in [-0.39, 0.29) is 0 Å². The van der Waals surface area contributed by atoms with Crippen LogP contribution in [0.25, 0.3) is 0 Å². The number of hydrogen-bond donors (Lipinski definition) is 1. The van der Waals surface area contributed by atoms with Gasteiger partial charge in [0.15, 0.2) is 0 Å². The molecule has 19 heavy (non-hydrogen) atoms. The summed E-state index contributed by atoms with van der Waals surface area (Å²) in [4.78, 5) is 24.8. The van der Waals surface area contributed by atoms with E-state index in [0.29, 0.717) is 0 Å². The molecule has 0 bridgehead atoms. The van der Waals surface area contributed by atoms with E-state index >= 15 is 0 Å². The minimum Gasteiger partial charge on any atom is -0.480 e. The smallest absolute Gasteiger partial charge is 0.318 e. The Morgan fingerprint density at radius 3 is 2.47 bits per heavy atom. The predicted molar refractivity (Wildman–Crippen MR) is 73.3 cm³/mol. The summed E-state index contributed by atoms with van der Waals surface area (Å²) >= 11 is 0. The largest absolute Gasteiger partial charge is 0.480 e. The Hall–Kier alpha value is -1.84. The first kappa shape index (κ1) is 13.6. The summed E-state index contributed by atoms with van der Waals surface area (Å²) in [7, 11) is 1.63. The number of rotatable bonds is 3. The molecule has 0 fully saturated rings. The lowest BCUT2D eigenvalue weighted by molar-refractivity contribution is -0.152. The molecule has 0 aromatic heterocycles. The maximum atomic E-state index is 12.3. The van der Waals surface area contributed by atoms with Gasteiger partial charge < -0.3 is 10.0 Å². The van der Waals surface area contributed by atoms with Gasteiger partial charge in [-0.15, -0.1) is 0 Å². The van der Waals surface area contributed by atoms with Crippen molar-refractivity contribution in [3.8, 4) is 0 Å². The first-order valence-corrected chi connectivity index (χ1v) is 6.47. The molecule has 0 aliphatic heterocycles. The van der Waals surface area contributed by atoms with Crippen LogP contribution >= 0.6 is 0 Å². The van der Waals surface area contributed by atoms with E-state index in [2.05, 4.69) is 0 Å². The number of anilines is 1. The first-order valence-electron chi connectivity index (χ1n) is 6.47. The molecule has 1 aliphatic rings. The number of aryl methyl sites for hydroxylation is 2. The van der Waals surface area contributed by atoms with Crippen molar-refractivity contribution in [2.75, 3.05) is 11.9 Å². The van der Waals surface area contributed by atoms with Crippen LogP contribution in [0.5, 0.6) is 0 Å². The van der Waals surface area contributed by atoms with Crippen molar-refractivity contribution in [3.63, 3.8) is 0 Å². The zero-order valence-electron chi connectivity index (χ0n) is 11.6. The van der Waals surface area contributed by atoms with Gasteiger partial charge in [-0.2, -0.15) is 0 Å². The number of amides is 1. The zero-order valence-corrected chi connectivity index (χ0v) is 11.6. The van der Waals surface area contributed by atoms with Crippen LogP contribution in [0.1, 0.15) is 31.4 Å². The molecule has 0 heterocycles. The van der Waals surface area contributed by atoms with Crippen LogP contribution in [-0.2, 0) is 22.4 Å². The van der Waals surface area contributed by atoms with Gasteiger partial charge in [-0.1, -0.05) is 6.07 Å². The first-order chi connectivity index (χ1) is 8.84. The second-order valence-electron chi connectivity index (χ2n) is 5.60. The third-order valence-electron chi connectivity index (χ3n) is 3.84. The fraction of sp³-hybridized carbons (Fsp3) is 0.467. The number of fused-ring (bicyclic) bond motifs is 1. The maximum absolute atomic E-state index is 12.3. The van der Waals surface area contributed by atoms with Crippen LogP contribution in [-0.4, -0.2) is 24.0 Å². The lowest BCUT2D eigenvalue weighted by atomic mass is 9.91. The average Bonchev–Trinajstić information content (AvgIpc) is 2.83. The number of carbonyl (C=O) groups excluding carboxylic acids is 1. The minimum absolute atomic E-state index is 0.405. The molecule has 0 unspecified atom stereocenters. The summed E-state index contributed by atoms with van der Waals surface area (Å²) in [5.74, 6) is -1.51. The molecule has 0 atom stereocenters. The van der Waals surface area contributed by atoms with Gasteiger partial charge in [0, 0.05) is 12.7 Å². The molecule has 0 saturated heterocycles. The molecule has 102 valence electrons. The monoisotopic (exact) mass is 261 g/mol. The summed E-state index contributed by atoms with van der Waals surface area (Å²) in [5, 5.41) is 9.11. The van der Waals surface area contributed by atoms with E-state index in [9.17, 15) is 9.59 Å². The summed E-state index contributed by atoms with van der Waals surface area (Å²) in [5.41, 5.74) is 1.96. The topological polar surface area (TPSA) is 57.6 Å². The van der Waals surface area contributed by atoms with Crippen molar-refractivity contribution in [2.45, 2.75) is 33.1 Å².